The summed E-state index contributed by atoms with van der Waals surface area (Å²) < 4.78 is 0. The third-order valence-corrected chi connectivity index (χ3v) is 3.80. The highest BCUT2D eigenvalue weighted by Gasteiger charge is 2.10. The predicted molar refractivity (Wildman–Crippen MR) is 95.5 cm³/mol. The molecule has 3 aromatic rings. The highest BCUT2D eigenvalue weighted by Crippen LogP contribution is 2.19. The first-order valence-corrected chi connectivity index (χ1v) is 7.64. The Kier molecular flexibility index (Phi) is 4.57. The fourth-order valence-corrected chi connectivity index (χ4v) is 2.60. The van der Waals surface area contributed by atoms with Crippen LogP contribution in [-0.4, -0.2) is 34.4 Å². The molecule has 3 aromatic carbocycles. The Morgan fingerprint density at radius 2 is 1.36 bits per heavy atom. The second kappa shape index (κ2) is 6.97. The Balaban J connectivity index is 2.08. The summed E-state index contributed by atoms with van der Waals surface area (Å²) in [5.41, 5.74) is 2.13. The van der Waals surface area contributed by atoms with Crippen molar-refractivity contribution in [1.82, 2.24) is 0 Å². The molecule has 0 amide bonds. The van der Waals surface area contributed by atoms with Gasteiger partial charge in [-0.25, -0.2) is 4.79 Å². The Morgan fingerprint density at radius 1 is 0.760 bits per heavy atom. The van der Waals surface area contributed by atoms with E-state index in [-0.39, 0.29) is 12.1 Å². The Labute approximate surface area is 143 Å². The van der Waals surface area contributed by atoms with Crippen molar-refractivity contribution in [3.63, 3.8) is 0 Å². The molecule has 0 saturated carbocycles. The molecule has 3 rings (SSSR count). The summed E-state index contributed by atoms with van der Waals surface area (Å²) in [4.78, 5) is 26.2. The van der Waals surface area contributed by atoms with E-state index in [0.717, 1.165) is 16.3 Å². The van der Waals surface area contributed by atoms with Crippen LogP contribution in [0.4, 0.5) is 0 Å². The van der Waals surface area contributed by atoms with Crippen LogP contribution in [-0.2, 0) is 4.79 Å². The van der Waals surface area contributed by atoms with Gasteiger partial charge in [0.25, 0.3) is 0 Å². The molecule has 0 fully saturated rings. The third kappa shape index (κ3) is 3.72. The average Bonchev–Trinajstić information content (AvgIpc) is 2.62. The second-order valence-electron chi connectivity index (χ2n) is 5.50. The van der Waals surface area contributed by atoms with Crippen molar-refractivity contribution in [1.29, 1.82) is 0 Å². The van der Waals surface area contributed by atoms with E-state index >= 15 is 0 Å². The molecule has 2 N–H and O–H groups in total. The molecule has 124 valence electrons. The summed E-state index contributed by atoms with van der Waals surface area (Å²) in [5.74, 6) is -2.04. The van der Waals surface area contributed by atoms with Crippen molar-refractivity contribution in [2.45, 2.75) is 0 Å². The number of hydrogen-bond donors (Lipinski definition) is 2. The summed E-state index contributed by atoms with van der Waals surface area (Å²) in [7, 11) is 0. The molecule has 0 atom stereocenters. The fraction of sp³-hybridized carbons (Fsp3) is 0.0500. The topological polar surface area (TPSA) is 87.0 Å². The Morgan fingerprint density at radius 3 is 2.00 bits per heavy atom. The molecule has 0 bridgehead atoms. The molecule has 25 heavy (non-hydrogen) atoms. The summed E-state index contributed by atoms with van der Waals surface area (Å²) in [6.45, 7) is -0.358. The van der Waals surface area contributed by atoms with Crippen LogP contribution >= 0.6 is 0 Å². The molecule has 0 saturated heterocycles. The van der Waals surface area contributed by atoms with Gasteiger partial charge in [0.05, 0.1) is 11.3 Å². The molecule has 0 radical (unpaired) electrons. The van der Waals surface area contributed by atoms with E-state index in [4.69, 9.17) is 10.2 Å². The smallest absolute Gasteiger partial charge is 0.335 e. The van der Waals surface area contributed by atoms with Gasteiger partial charge in [0.15, 0.2) is 0 Å². The van der Waals surface area contributed by atoms with Crippen molar-refractivity contribution in [2.75, 3.05) is 6.54 Å². The monoisotopic (exact) mass is 333 g/mol. The van der Waals surface area contributed by atoms with Gasteiger partial charge in [-0.1, -0.05) is 48.5 Å². The van der Waals surface area contributed by atoms with Crippen LogP contribution in [0.25, 0.3) is 10.8 Å². The maximum Gasteiger partial charge on any atom is 0.335 e. The summed E-state index contributed by atoms with van der Waals surface area (Å²) >= 11 is 0. The number of fused-ring (bicyclic) bond motifs is 1. The van der Waals surface area contributed by atoms with Crippen molar-refractivity contribution < 1.29 is 19.8 Å². The van der Waals surface area contributed by atoms with Gasteiger partial charge < -0.3 is 10.2 Å². The predicted octanol–water partition coefficient (Wildman–Crippen LogP) is 3.46. The first kappa shape index (κ1) is 16.4. The Bertz CT molecular complexity index is 974. The fourth-order valence-electron chi connectivity index (χ4n) is 2.60. The number of carboxylic acids is 2. The van der Waals surface area contributed by atoms with E-state index < -0.39 is 11.9 Å². The molecule has 5 heteroatoms. The second-order valence-corrected chi connectivity index (χ2v) is 5.50. The van der Waals surface area contributed by atoms with Crippen LogP contribution in [0.2, 0.25) is 0 Å². The van der Waals surface area contributed by atoms with E-state index in [2.05, 4.69) is 4.99 Å². The zero-order valence-electron chi connectivity index (χ0n) is 13.2. The number of carbonyl (C=O) groups is 2. The van der Waals surface area contributed by atoms with Crippen LogP contribution in [0.15, 0.2) is 71.7 Å². The highest BCUT2D eigenvalue weighted by atomic mass is 16.4. The number of aromatic carboxylic acids is 1. The minimum atomic E-state index is -1.03. The number of rotatable bonds is 5. The first-order valence-electron chi connectivity index (χ1n) is 7.64. The molecule has 0 unspecified atom stereocenters. The number of aliphatic imine (C=N–C) groups is 1. The molecular formula is C20H15NO4. The van der Waals surface area contributed by atoms with Crippen LogP contribution in [0.5, 0.6) is 0 Å². The number of benzene rings is 3. The number of carboxylic acid groups (broad SMARTS) is 2. The van der Waals surface area contributed by atoms with Crippen LogP contribution in [0, 0.1) is 0 Å². The van der Waals surface area contributed by atoms with Crippen LogP contribution in [0.3, 0.4) is 0 Å². The average molecular weight is 333 g/mol. The lowest BCUT2D eigenvalue weighted by molar-refractivity contribution is -0.135. The van der Waals surface area contributed by atoms with Crippen molar-refractivity contribution in [2.24, 2.45) is 4.99 Å². The lowest BCUT2D eigenvalue weighted by Crippen LogP contribution is -2.09. The SMILES string of the molecule is O=C(O)CN=C(c1ccc(C(=O)O)cc1)c1ccc2ccccc2c1. The largest absolute Gasteiger partial charge is 0.480 e. The third-order valence-electron chi connectivity index (χ3n) is 3.80. The van der Waals surface area contributed by atoms with Crippen LogP contribution in [0.1, 0.15) is 21.5 Å². The number of nitrogens with zero attached hydrogens (tertiary/aromatic N) is 1. The first-order chi connectivity index (χ1) is 12.0. The van der Waals surface area contributed by atoms with E-state index in [1.807, 2.05) is 42.5 Å². The summed E-state index contributed by atoms with van der Waals surface area (Å²) in [6.07, 6.45) is 0. The van der Waals surface area contributed by atoms with Crippen LogP contribution < -0.4 is 0 Å². The van der Waals surface area contributed by atoms with E-state index in [0.29, 0.717) is 11.3 Å². The maximum absolute atomic E-state index is 11.0. The van der Waals surface area contributed by atoms with E-state index in [9.17, 15) is 9.59 Å². The van der Waals surface area contributed by atoms with Gasteiger partial charge >= 0.3 is 11.9 Å². The molecule has 0 aliphatic carbocycles. The van der Waals surface area contributed by atoms with Gasteiger partial charge in [-0.2, -0.15) is 0 Å². The normalized spacial score (nSPS) is 11.4. The highest BCUT2D eigenvalue weighted by molar-refractivity contribution is 6.14. The molecule has 0 aromatic heterocycles. The Hall–Kier alpha value is -3.47. The zero-order chi connectivity index (χ0) is 17.8. The maximum atomic E-state index is 11.0. The lowest BCUT2D eigenvalue weighted by atomic mass is 9.98. The molecular weight excluding hydrogens is 318 g/mol. The van der Waals surface area contributed by atoms with E-state index in [1.54, 1.807) is 12.1 Å². The van der Waals surface area contributed by atoms with Gasteiger partial charge in [0.1, 0.15) is 6.54 Å². The van der Waals surface area contributed by atoms with Gasteiger partial charge in [-0.05, 0) is 29.0 Å². The quantitative estimate of drug-likeness (QED) is 0.700. The van der Waals surface area contributed by atoms with Crippen molar-refractivity contribution in [3.8, 4) is 0 Å². The van der Waals surface area contributed by atoms with Crippen molar-refractivity contribution >= 4 is 28.4 Å². The molecule has 0 aliphatic heterocycles. The minimum Gasteiger partial charge on any atom is -0.480 e. The molecule has 0 spiro atoms. The standard InChI is InChI=1S/C20H15NO4/c22-18(23)12-21-19(14-6-8-15(9-7-14)20(24)25)17-10-5-13-3-1-2-4-16(13)11-17/h1-11H,12H2,(H,22,23)(H,24,25). The van der Waals surface area contributed by atoms with Gasteiger partial charge in [-0.3, -0.25) is 9.79 Å². The van der Waals surface area contributed by atoms with Crippen molar-refractivity contribution in [3.05, 3.63) is 83.4 Å². The zero-order valence-corrected chi connectivity index (χ0v) is 13.2. The summed E-state index contributed by atoms with van der Waals surface area (Å²) in [6, 6.07) is 19.9. The van der Waals surface area contributed by atoms with Gasteiger partial charge in [0.2, 0.25) is 0 Å². The van der Waals surface area contributed by atoms with Gasteiger partial charge in [-0.15, -0.1) is 0 Å². The molecule has 5 nitrogen and oxygen atoms in total. The number of aliphatic carboxylic acids is 1. The van der Waals surface area contributed by atoms with Gasteiger partial charge in [0, 0.05) is 11.1 Å². The minimum absolute atomic E-state index is 0.167. The number of hydrogen-bond acceptors (Lipinski definition) is 3. The molecule has 0 aliphatic rings. The van der Waals surface area contributed by atoms with E-state index in [1.165, 1.54) is 12.1 Å². The molecule has 0 heterocycles. The summed E-state index contributed by atoms with van der Waals surface area (Å²) in [5, 5.41) is 20.1. The lowest BCUT2D eigenvalue weighted by Gasteiger charge is -2.09.